The highest BCUT2D eigenvalue weighted by atomic mass is 79.9. The number of hydrogen-bond acceptors (Lipinski definition) is 3. The molecule has 1 rings (SSSR count). The molecule has 0 N–H and O–H groups in total. The van der Waals surface area contributed by atoms with E-state index in [0.717, 1.165) is 10.0 Å². The molecule has 0 aliphatic rings. The maximum atomic E-state index is 11.4. The molecule has 0 saturated carbocycles. The molecular weight excluding hydrogens is 246 g/mol. The number of hydrogen-bond donors (Lipinski definition) is 0. The normalized spacial score (nSPS) is 9.29. The summed E-state index contributed by atoms with van der Waals surface area (Å²) in [5.41, 5.74) is 1.37. The first kappa shape index (κ1) is 10.7. The van der Waals surface area contributed by atoms with Gasteiger partial charge in [0.1, 0.15) is 6.07 Å². The predicted octanol–water partition coefficient (Wildman–Crippen LogP) is 2.42. The van der Waals surface area contributed by atoms with Crippen LogP contribution in [0.25, 0.3) is 0 Å². The molecule has 0 radical (unpaired) electrons. The molecule has 0 saturated heterocycles. The summed E-state index contributed by atoms with van der Waals surface area (Å²) in [5, 5.41) is 8.81. The number of nitrogens with zero attached hydrogens (tertiary/aromatic N) is 1. The topological polar surface area (TPSA) is 50.1 Å². The minimum atomic E-state index is -0.486. The molecular formula is C10H8BrNO2. The van der Waals surface area contributed by atoms with Gasteiger partial charge in [-0.1, -0.05) is 15.9 Å². The molecule has 0 aliphatic carbocycles. The number of nitriles is 1. The van der Waals surface area contributed by atoms with Crippen LogP contribution in [0.1, 0.15) is 21.5 Å². The zero-order valence-electron chi connectivity index (χ0n) is 7.80. The van der Waals surface area contributed by atoms with Gasteiger partial charge < -0.3 is 4.74 Å². The Morgan fingerprint density at radius 3 is 2.71 bits per heavy atom. The van der Waals surface area contributed by atoms with Crippen LogP contribution in [0.5, 0.6) is 0 Å². The molecule has 0 spiro atoms. The van der Waals surface area contributed by atoms with Crippen LogP contribution in [-0.4, -0.2) is 13.1 Å². The lowest BCUT2D eigenvalue weighted by molar-refractivity contribution is 0.0599. The Morgan fingerprint density at radius 1 is 1.57 bits per heavy atom. The number of benzene rings is 1. The highest BCUT2D eigenvalue weighted by molar-refractivity contribution is 9.10. The summed E-state index contributed by atoms with van der Waals surface area (Å²) in [5.74, 6) is -0.486. The zero-order valence-corrected chi connectivity index (χ0v) is 9.38. The van der Waals surface area contributed by atoms with Crippen molar-refractivity contribution in [2.24, 2.45) is 0 Å². The van der Waals surface area contributed by atoms with E-state index in [-0.39, 0.29) is 0 Å². The van der Waals surface area contributed by atoms with Crippen LogP contribution < -0.4 is 0 Å². The highest BCUT2D eigenvalue weighted by Gasteiger charge is 2.16. The fraction of sp³-hybridized carbons (Fsp3) is 0.200. The molecule has 0 unspecified atom stereocenters. The number of carbonyl (C=O) groups is 1. The van der Waals surface area contributed by atoms with Crippen molar-refractivity contribution in [1.82, 2.24) is 0 Å². The van der Waals surface area contributed by atoms with Gasteiger partial charge in [0.25, 0.3) is 0 Å². The molecule has 1 aromatic carbocycles. The molecule has 4 heteroatoms. The summed E-state index contributed by atoms with van der Waals surface area (Å²) >= 11 is 3.29. The first-order valence-corrected chi connectivity index (χ1v) is 4.68. The van der Waals surface area contributed by atoms with E-state index in [1.54, 1.807) is 19.1 Å². The van der Waals surface area contributed by atoms with Crippen molar-refractivity contribution in [1.29, 1.82) is 5.26 Å². The molecule has 0 atom stereocenters. The van der Waals surface area contributed by atoms with E-state index in [4.69, 9.17) is 5.26 Å². The standard InChI is InChI=1S/C10H8BrNO2/c1-6-8(11)4-3-7(5-12)9(6)10(13)14-2/h3-4H,1-2H3. The first-order valence-electron chi connectivity index (χ1n) is 3.89. The van der Waals surface area contributed by atoms with Crippen molar-refractivity contribution < 1.29 is 9.53 Å². The second-order valence-electron chi connectivity index (χ2n) is 2.70. The second kappa shape index (κ2) is 4.25. The SMILES string of the molecule is COC(=O)c1c(C#N)ccc(Br)c1C. The number of ether oxygens (including phenoxy) is 1. The maximum absolute atomic E-state index is 11.4. The second-order valence-corrected chi connectivity index (χ2v) is 3.55. The Kier molecular flexibility index (Phi) is 3.26. The van der Waals surface area contributed by atoms with Crippen LogP contribution in [0.4, 0.5) is 0 Å². The minimum Gasteiger partial charge on any atom is -0.465 e. The van der Waals surface area contributed by atoms with Crippen LogP contribution in [0.15, 0.2) is 16.6 Å². The van der Waals surface area contributed by atoms with Crippen molar-refractivity contribution in [2.75, 3.05) is 7.11 Å². The van der Waals surface area contributed by atoms with E-state index in [2.05, 4.69) is 20.7 Å². The Bertz CT molecular complexity index is 421. The van der Waals surface area contributed by atoms with Crippen LogP contribution in [0.2, 0.25) is 0 Å². The fourth-order valence-electron chi connectivity index (χ4n) is 1.14. The van der Waals surface area contributed by atoms with Gasteiger partial charge in [-0.05, 0) is 24.6 Å². The largest absolute Gasteiger partial charge is 0.465 e. The van der Waals surface area contributed by atoms with E-state index >= 15 is 0 Å². The molecule has 1 aromatic rings. The van der Waals surface area contributed by atoms with Crippen LogP contribution in [0, 0.1) is 18.3 Å². The Morgan fingerprint density at radius 2 is 2.21 bits per heavy atom. The fourth-order valence-corrected chi connectivity index (χ4v) is 1.47. The smallest absolute Gasteiger partial charge is 0.339 e. The third-order valence-electron chi connectivity index (χ3n) is 1.91. The van der Waals surface area contributed by atoms with Crippen LogP contribution >= 0.6 is 15.9 Å². The van der Waals surface area contributed by atoms with E-state index in [1.807, 2.05) is 6.07 Å². The van der Waals surface area contributed by atoms with Gasteiger partial charge in [-0.15, -0.1) is 0 Å². The highest BCUT2D eigenvalue weighted by Crippen LogP contribution is 2.23. The number of esters is 1. The molecule has 72 valence electrons. The average molecular weight is 254 g/mol. The summed E-state index contributed by atoms with van der Waals surface area (Å²) in [6, 6.07) is 5.28. The number of carbonyl (C=O) groups excluding carboxylic acids is 1. The Hall–Kier alpha value is -1.34. The number of rotatable bonds is 1. The maximum Gasteiger partial charge on any atom is 0.339 e. The predicted molar refractivity (Wildman–Crippen MR) is 54.9 cm³/mol. The van der Waals surface area contributed by atoms with E-state index in [0.29, 0.717) is 11.1 Å². The quantitative estimate of drug-likeness (QED) is 0.723. The molecule has 0 fully saturated rings. The van der Waals surface area contributed by atoms with E-state index < -0.39 is 5.97 Å². The van der Waals surface area contributed by atoms with Gasteiger partial charge in [-0.25, -0.2) is 4.79 Å². The Balaban J connectivity index is 3.45. The third-order valence-corrected chi connectivity index (χ3v) is 2.77. The summed E-state index contributed by atoms with van der Waals surface area (Å²) in [6.07, 6.45) is 0. The van der Waals surface area contributed by atoms with Gasteiger partial charge in [0, 0.05) is 4.47 Å². The van der Waals surface area contributed by atoms with Crippen LogP contribution in [-0.2, 0) is 4.74 Å². The third kappa shape index (κ3) is 1.78. The molecule has 0 aliphatic heterocycles. The first-order chi connectivity index (χ1) is 6.61. The van der Waals surface area contributed by atoms with E-state index in [9.17, 15) is 4.79 Å². The van der Waals surface area contributed by atoms with Crippen molar-refractivity contribution in [3.05, 3.63) is 33.3 Å². The van der Waals surface area contributed by atoms with Crippen molar-refractivity contribution in [2.45, 2.75) is 6.92 Å². The molecule has 0 aromatic heterocycles. The summed E-state index contributed by atoms with van der Waals surface area (Å²) in [4.78, 5) is 11.4. The lowest BCUT2D eigenvalue weighted by atomic mass is 10.0. The van der Waals surface area contributed by atoms with Crippen molar-refractivity contribution >= 4 is 21.9 Å². The molecule has 0 bridgehead atoms. The van der Waals surface area contributed by atoms with E-state index in [1.165, 1.54) is 7.11 Å². The lowest BCUT2D eigenvalue weighted by Crippen LogP contribution is -2.07. The van der Waals surface area contributed by atoms with Gasteiger partial charge in [-0.3, -0.25) is 0 Å². The zero-order chi connectivity index (χ0) is 10.7. The molecule has 0 heterocycles. The average Bonchev–Trinajstić information content (AvgIpc) is 2.20. The molecule has 14 heavy (non-hydrogen) atoms. The molecule has 3 nitrogen and oxygen atoms in total. The van der Waals surface area contributed by atoms with Crippen molar-refractivity contribution in [3.63, 3.8) is 0 Å². The van der Waals surface area contributed by atoms with Crippen molar-refractivity contribution in [3.8, 4) is 6.07 Å². The van der Waals surface area contributed by atoms with Crippen LogP contribution in [0.3, 0.4) is 0 Å². The monoisotopic (exact) mass is 253 g/mol. The molecule has 0 amide bonds. The number of halogens is 1. The lowest BCUT2D eigenvalue weighted by Gasteiger charge is -2.07. The van der Waals surface area contributed by atoms with Gasteiger partial charge in [0.05, 0.1) is 18.2 Å². The van der Waals surface area contributed by atoms with Gasteiger partial charge in [0.15, 0.2) is 0 Å². The number of methoxy groups -OCH3 is 1. The van der Waals surface area contributed by atoms with Gasteiger partial charge in [0.2, 0.25) is 0 Å². The Labute approximate surface area is 90.4 Å². The minimum absolute atomic E-state index is 0.323. The summed E-state index contributed by atoms with van der Waals surface area (Å²) in [7, 11) is 1.30. The summed E-state index contributed by atoms with van der Waals surface area (Å²) in [6.45, 7) is 1.76. The van der Waals surface area contributed by atoms with Gasteiger partial charge >= 0.3 is 5.97 Å². The van der Waals surface area contributed by atoms with Gasteiger partial charge in [-0.2, -0.15) is 5.26 Å². The summed E-state index contributed by atoms with van der Waals surface area (Å²) < 4.78 is 5.39.